The Labute approximate surface area is 187 Å². The standard InChI is InChI=1S/C20H23Cl2N3O6/c1-2-11-10-25(20(29)24-19(11)28)17-8-14(26)15(31-17)9-23-16(27)6-7-30-18-12(21)4-3-5-13(18)22/h3-5,10,14-15,17,26H,2,6-9H2,1H3,(H,23,27)(H,24,28,29)/t14-,15+,17+/m0/s1. The van der Waals surface area contributed by atoms with Gasteiger partial charge in [0.05, 0.1) is 29.2 Å². The third kappa shape index (κ3) is 5.68. The summed E-state index contributed by atoms with van der Waals surface area (Å²) in [5.41, 5.74) is -0.612. The number of halogens is 2. The molecule has 31 heavy (non-hydrogen) atoms. The molecule has 1 amide bonds. The summed E-state index contributed by atoms with van der Waals surface area (Å²) in [6, 6.07) is 4.96. The summed E-state index contributed by atoms with van der Waals surface area (Å²) in [5, 5.41) is 13.7. The second-order valence-electron chi connectivity index (χ2n) is 7.06. The lowest BCUT2D eigenvalue weighted by Gasteiger charge is -2.17. The number of aromatic nitrogens is 2. The number of carbonyl (C=O) groups is 1. The highest BCUT2D eigenvalue weighted by atomic mass is 35.5. The first-order chi connectivity index (χ1) is 14.8. The van der Waals surface area contributed by atoms with E-state index in [1.165, 1.54) is 10.8 Å². The third-order valence-corrected chi connectivity index (χ3v) is 5.53. The van der Waals surface area contributed by atoms with E-state index in [0.717, 1.165) is 0 Å². The van der Waals surface area contributed by atoms with Gasteiger partial charge in [-0.15, -0.1) is 0 Å². The molecular formula is C20H23Cl2N3O6. The van der Waals surface area contributed by atoms with Crippen molar-refractivity contribution in [2.24, 2.45) is 0 Å². The number of carbonyl (C=O) groups excluding carboxylic acids is 1. The van der Waals surface area contributed by atoms with E-state index in [2.05, 4.69) is 10.3 Å². The zero-order chi connectivity index (χ0) is 22.5. The van der Waals surface area contributed by atoms with E-state index in [9.17, 15) is 19.5 Å². The number of aryl methyl sites for hydroxylation is 1. The molecule has 1 aliphatic rings. The number of nitrogens with one attached hydrogen (secondary N) is 2. The highest BCUT2D eigenvalue weighted by Crippen LogP contribution is 2.32. The van der Waals surface area contributed by atoms with Crippen LogP contribution in [0.25, 0.3) is 0 Å². The fourth-order valence-electron chi connectivity index (χ4n) is 3.23. The molecule has 2 heterocycles. The number of aliphatic hydroxyl groups is 1. The van der Waals surface area contributed by atoms with Gasteiger partial charge in [0.15, 0.2) is 5.75 Å². The Morgan fingerprint density at radius 3 is 2.74 bits per heavy atom. The van der Waals surface area contributed by atoms with Gasteiger partial charge in [0, 0.05) is 24.7 Å². The van der Waals surface area contributed by atoms with Crippen LogP contribution >= 0.6 is 23.2 Å². The lowest BCUT2D eigenvalue weighted by Crippen LogP contribution is -2.38. The molecule has 9 nitrogen and oxygen atoms in total. The molecule has 1 aromatic heterocycles. The molecule has 1 fully saturated rings. The van der Waals surface area contributed by atoms with E-state index < -0.39 is 29.7 Å². The molecule has 2 aromatic rings. The van der Waals surface area contributed by atoms with Gasteiger partial charge in [-0.05, 0) is 18.6 Å². The van der Waals surface area contributed by atoms with Crippen molar-refractivity contribution in [3.63, 3.8) is 0 Å². The summed E-state index contributed by atoms with van der Waals surface area (Å²) >= 11 is 12.0. The fourth-order valence-corrected chi connectivity index (χ4v) is 3.74. The summed E-state index contributed by atoms with van der Waals surface area (Å²) in [6.07, 6.45) is -0.222. The quantitative estimate of drug-likeness (QED) is 0.537. The Morgan fingerprint density at radius 2 is 2.06 bits per heavy atom. The van der Waals surface area contributed by atoms with Crippen LogP contribution in [-0.2, 0) is 16.0 Å². The molecule has 3 atom stereocenters. The Bertz CT molecular complexity index is 1030. The summed E-state index contributed by atoms with van der Waals surface area (Å²) in [5.74, 6) is 0.00530. The van der Waals surface area contributed by atoms with Crippen molar-refractivity contribution in [1.82, 2.24) is 14.9 Å². The second kappa shape index (κ2) is 10.3. The van der Waals surface area contributed by atoms with Crippen molar-refractivity contribution in [3.8, 4) is 5.75 Å². The fraction of sp³-hybridized carbons (Fsp3) is 0.450. The minimum Gasteiger partial charge on any atom is -0.490 e. The van der Waals surface area contributed by atoms with E-state index >= 15 is 0 Å². The second-order valence-corrected chi connectivity index (χ2v) is 7.87. The van der Waals surface area contributed by atoms with Crippen molar-refractivity contribution in [2.75, 3.05) is 13.2 Å². The molecule has 1 saturated heterocycles. The lowest BCUT2D eigenvalue weighted by molar-refractivity contribution is -0.122. The predicted octanol–water partition coefficient (Wildman–Crippen LogP) is 1.64. The number of para-hydroxylation sites is 1. The smallest absolute Gasteiger partial charge is 0.330 e. The van der Waals surface area contributed by atoms with Crippen molar-refractivity contribution in [1.29, 1.82) is 0 Å². The SMILES string of the molecule is CCc1cn([C@H]2C[C@H](O)[C@@H](CNC(=O)CCOc3c(Cl)cccc3Cl)O2)c(=O)[nH]c1=O. The molecule has 3 rings (SSSR count). The topological polar surface area (TPSA) is 123 Å². The van der Waals surface area contributed by atoms with Crippen LogP contribution in [0.15, 0.2) is 34.0 Å². The monoisotopic (exact) mass is 471 g/mol. The van der Waals surface area contributed by atoms with Crippen LogP contribution < -0.4 is 21.3 Å². The zero-order valence-corrected chi connectivity index (χ0v) is 18.3. The van der Waals surface area contributed by atoms with Gasteiger partial charge in [-0.25, -0.2) is 4.79 Å². The maximum Gasteiger partial charge on any atom is 0.330 e. The van der Waals surface area contributed by atoms with Crippen molar-refractivity contribution in [2.45, 2.75) is 44.6 Å². The minimum atomic E-state index is -0.882. The first kappa shape index (κ1) is 23.3. The van der Waals surface area contributed by atoms with Crippen LogP contribution in [0.1, 0.15) is 31.6 Å². The Balaban J connectivity index is 1.50. The minimum absolute atomic E-state index is 0.0486. The van der Waals surface area contributed by atoms with Crippen LogP contribution in [0.5, 0.6) is 5.75 Å². The highest BCUT2D eigenvalue weighted by Gasteiger charge is 2.35. The van der Waals surface area contributed by atoms with Crippen LogP contribution in [0.2, 0.25) is 10.0 Å². The molecular weight excluding hydrogens is 449 g/mol. The molecule has 0 unspecified atom stereocenters. The van der Waals surface area contributed by atoms with E-state index in [1.807, 2.05) is 0 Å². The molecule has 1 aliphatic heterocycles. The summed E-state index contributed by atoms with van der Waals surface area (Å²) < 4.78 is 12.5. The maximum atomic E-state index is 12.1. The van der Waals surface area contributed by atoms with Gasteiger partial charge in [0.2, 0.25) is 5.91 Å². The molecule has 1 aromatic carbocycles. The first-order valence-corrected chi connectivity index (χ1v) is 10.6. The maximum absolute atomic E-state index is 12.1. The molecule has 11 heteroatoms. The van der Waals surface area contributed by atoms with Gasteiger partial charge in [-0.3, -0.25) is 19.1 Å². The van der Waals surface area contributed by atoms with Gasteiger partial charge in [0.25, 0.3) is 5.56 Å². The Morgan fingerprint density at radius 1 is 1.35 bits per heavy atom. The van der Waals surface area contributed by atoms with Gasteiger partial charge in [-0.1, -0.05) is 36.2 Å². The van der Waals surface area contributed by atoms with E-state index in [0.29, 0.717) is 27.8 Å². The van der Waals surface area contributed by atoms with Crippen LogP contribution in [-0.4, -0.2) is 45.9 Å². The van der Waals surface area contributed by atoms with Crippen LogP contribution in [0.4, 0.5) is 0 Å². The first-order valence-electron chi connectivity index (χ1n) is 9.81. The number of aromatic amines is 1. The summed E-state index contributed by atoms with van der Waals surface area (Å²) in [7, 11) is 0. The number of nitrogens with zero attached hydrogens (tertiary/aromatic N) is 1. The number of rotatable bonds is 8. The van der Waals surface area contributed by atoms with Crippen molar-refractivity contribution in [3.05, 3.63) is 60.8 Å². The molecule has 0 aliphatic carbocycles. The van der Waals surface area contributed by atoms with Gasteiger partial charge < -0.3 is 19.9 Å². The van der Waals surface area contributed by atoms with Gasteiger partial charge >= 0.3 is 5.69 Å². The van der Waals surface area contributed by atoms with Crippen LogP contribution in [0, 0.1) is 0 Å². The highest BCUT2D eigenvalue weighted by molar-refractivity contribution is 6.37. The van der Waals surface area contributed by atoms with Gasteiger partial charge in [0.1, 0.15) is 12.3 Å². The van der Waals surface area contributed by atoms with E-state index in [-0.39, 0.29) is 31.9 Å². The van der Waals surface area contributed by atoms with Crippen molar-refractivity contribution < 1.29 is 19.4 Å². The molecule has 3 N–H and O–H groups in total. The van der Waals surface area contributed by atoms with E-state index in [4.69, 9.17) is 32.7 Å². The van der Waals surface area contributed by atoms with Crippen LogP contribution in [0.3, 0.4) is 0 Å². The van der Waals surface area contributed by atoms with Gasteiger partial charge in [-0.2, -0.15) is 0 Å². The number of H-pyrrole nitrogens is 1. The zero-order valence-electron chi connectivity index (χ0n) is 16.8. The Kier molecular flexibility index (Phi) is 7.77. The number of benzene rings is 1. The average molecular weight is 472 g/mol. The lowest BCUT2D eigenvalue weighted by atomic mass is 10.1. The molecule has 0 saturated carbocycles. The van der Waals surface area contributed by atoms with Crippen molar-refractivity contribution >= 4 is 29.1 Å². The predicted molar refractivity (Wildman–Crippen MR) is 115 cm³/mol. The van der Waals surface area contributed by atoms with E-state index in [1.54, 1.807) is 25.1 Å². The average Bonchev–Trinajstić information content (AvgIpc) is 3.09. The number of ether oxygens (including phenoxy) is 2. The number of hydrogen-bond acceptors (Lipinski definition) is 6. The number of amides is 1. The molecule has 0 radical (unpaired) electrons. The number of aliphatic hydroxyl groups excluding tert-OH is 1. The Hall–Kier alpha value is -2.33. The molecule has 168 valence electrons. The molecule has 0 bridgehead atoms. The summed E-state index contributed by atoms with van der Waals surface area (Å²) in [6.45, 7) is 1.92. The third-order valence-electron chi connectivity index (χ3n) is 4.93. The normalized spacial score (nSPS) is 20.6. The number of hydrogen-bond donors (Lipinski definition) is 3. The molecule has 0 spiro atoms. The largest absolute Gasteiger partial charge is 0.490 e. The summed E-state index contributed by atoms with van der Waals surface area (Å²) in [4.78, 5) is 38.2.